The van der Waals surface area contributed by atoms with Gasteiger partial charge in [-0.2, -0.15) is 5.10 Å². The average molecular weight is 388 g/mol. The Morgan fingerprint density at radius 3 is 2.76 bits per heavy atom. The van der Waals surface area contributed by atoms with Crippen LogP contribution in [0, 0.1) is 5.82 Å². The highest BCUT2D eigenvalue weighted by molar-refractivity contribution is 6.05. The monoisotopic (exact) mass is 388 g/mol. The number of pyridine rings is 1. The molecule has 0 bridgehead atoms. The van der Waals surface area contributed by atoms with Gasteiger partial charge >= 0.3 is 0 Å². The molecule has 1 N–H and O–H groups in total. The molecule has 4 rings (SSSR count). The minimum absolute atomic E-state index is 0.0582. The third-order valence-corrected chi connectivity index (χ3v) is 4.21. The first-order valence-corrected chi connectivity index (χ1v) is 8.92. The van der Waals surface area contributed by atoms with Crippen LogP contribution in [0.4, 0.5) is 10.1 Å². The van der Waals surface area contributed by atoms with Gasteiger partial charge in [0.15, 0.2) is 0 Å². The van der Waals surface area contributed by atoms with Crippen molar-refractivity contribution in [1.82, 2.24) is 14.8 Å². The summed E-state index contributed by atoms with van der Waals surface area (Å²) in [5.74, 6) is -0.465. The van der Waals surface area contributed by atoms with Crippen molar-refractivity contribution in [2.75, 3.05) is 5.32 Å². The molecule has 0 aliphatic rings. The quantitative estimate of drug-likeness (QED) is 0.536. The number of hydrogen-bond acceptors (Lipinski definition) is 4. The zero-order valence-corrected chi connectivity index (χ0v) is 15.3. The van der Waals surface area contributed by atoms with E-state index in [0.29, 0.717) is 23.6 Å². The number of amides is 1. The van der Waals surface area contributed by atoms with Crippen LogP contribution in [-0.2, 0) is 6.61 Å². The minimum Gasteiger partial charge on any atom is -0.489 e. The van der Waals surface area contributed by atoms with E-state index in [9.17, 15) is 9.18 Å². The molecular weight excluding hydrogens is 371 g/mol. The van der Waals surface area contributed by atoms with Gasteiger partial charge in [0.25, 0.3) is 5.91 Å². The summed E-state index contributed by atoms with van der Waals surface area (Å²) in [6.45, 7) is 0.329. The molecule has 144 valence electrons. The molecule has 6 nitrogen and oxygen atoms in total. The van der Waals surface area contributed by atoms with Crippen LogP contribution in [-0.4, -0.2) is 20.7 Å². The Bertz CT molecular complexity index is 1110. The fourth-order valence-electron chi connectivity index (χ4n) is 2.80. The number of halogens is 1. The number of para-hydroxylation sites is 1. The second-order valence-electron chi connectivity index (χ2n) is 6.22. The van der Waals surface area contributed by atoms with Crippen molar-refractivity contribution in [3.05, 3.63) is 102 Å². The Hall–Kier alpha value is -4.00. The number of benzene rings is 2. The van der Waals surface area contributed by atoms with Gasteiger partial charge in [-0.3, -0.25) is 9.78 Å². The fourth-order valence-corrected chi connectivity index (χ4v) is 2.80. The summed E-state index contributed by atoms with van der Waals surface area (Å²) in [5.41, 5.74) is 1.76. The number of ether oxygens (including phenoxy) is 1. The third kappa shape index (κ3) is 4.30. The second kappa shape index (κ2) is 8.35. The van der Waals surface area contributed by atoms with Gasteiger partial charge in [0.05, 0.1) is 5.69 Å². The molecule has 0 saturated carbocycles. The van der Waals surface area contributed by atoms with E-state index in [0.717, 1.165) is 5.56 Å². The number of carbonyl (C=O) groups excluding carboxylic acids is 1. The first-order chi connectivity index (χ1) is 14.2. The third-order valence-electron chi connectivity index (χ3n) is 4.21. The number of rotatable bonds is 6. The lowest BCUT2D eigenvalue weighted by Crippen LogP contribution is -2.15. The lowest BCUT2D eigenvalue weighted by atomic mass is 10.2. The molecule has 1 amide bonds. The van der Waals surface area contributed by atoms with Crippen molar-refractivity contribution >= 4 is 11.6 Å². The topological polar surface area (TPSA) is 69.0 Å². The Labute approximate surface area is 166 Å². The highest BCUT2D eigenvalue weighted by Crippen LogP contribution is 2.24. The Morgan fingerprint density at radius 1 is 1.07 bits per heavy atom. The molecule has 4 aromatic rings. The first kappa shape index (κ1) is 18.4. The summed E-state index contributed by atoms with van der Waals surface area (Å²) in [5, 5.41) is 6.75. The van der Waals surface area contributed by atoms with Crippen LogP contribution in [0.5, 0.6) is 5.75 Å². The van der Waals surface area contributed by atoms with Crippen LogP contribution in [0.25, 0.3) is 5.69 Å². The van der Waals surface area contributed by atoms with Crippen LogP contribution >= 0.6 is 0 Å². The highest BCUT2D eigenvalue weighted by Gasteiger charge is 2.15. The SMILES string of the molecule is O=C(Nc1c(F)cccc1-n1cccn1)c1cccc(OCc2cccnc2)c1. The van der Waals surface area contributed by atoms with Gasteiger partial charge in [-0.15, -0.1) is 0 Å². The van der Waals surface area contributed by atoms with Crippen molar-refractivity contribution < 1.29 is 13.9 Å². The molecule has 0 unspecified atom stereocenters. The fraction of sp³-hybridized carbons (Fsp3) is 0.0455. The van der Waals surface area contributed by atoms with Gasteiger partial charge in [0, 0.05) is 35.9 Å². The maximum absolute atomic E-state index is 14.4. The van der Waals surface area contributed by atoms with Gasteiger partial charge in [-0.05, 0) is 42.5 Å². The molecule has 0 radical (unpaired) electrons. The summed E-state index contributed by atoms with van der Waals surface area (Å²) in [6.07, 6.45) is 6.66. The van der Waals surface area contributed by atoms with Crippen LogP contribution in [0.2, 0.25) is 0 Å². The van der Waals surface area contributed by atoms with Gasteiger partial charge in [-0.25, -0.2) is 9.07 Å². The second-order valence-corrected chi connectivity index (χ2v) is 6.22. The van der Waals surface area contributed by atoms with Crippen LogP contribution in [0.15, 0.2) is 85.5 Å². The molecule has 2 heterocycles. The number of nitrogens with zero attached hydrogens (tertiary/aromatic N) is 3. The zero-order valence-electron chi connectivity index (χ0n) is 15.3. The number of carbonyl (C=O) groups is 1. The van der Waals surface area contributed by atoms with E-state index >= 15 is 0 Å². The molecule has 2 aromatic heterocycles. The van der Waals surface area contributed by atoms with Gasteiger partial charge < -0.3 is 10.1 Å². The standard InChI is InChI=1S/C22H17FN4O2/c23-19-8-2-9-20(27-12-4-11-25-27)21(19)26-22(28)17-6-1-7-18(13-17)29-15-16-5-3-10-24-14-16/h1-14H,15H2,(H,26,28). The van der Waals surface area contributed by atoms with Gasteiger partial charge in [0.2, 0.25) is 0 Å². The number of aromatic nitrogens is 3. The normalized spacial score (nSPS) is 10.5. The molecule has 0 fully saturated rings. The molecule has 0 aliphatic carbocycles. The highest BCUT2D eigenvalue weighted by atomic mass is 19.1. The molecule has 0 saturated heterocycles. The summed E-state index contributed by atoms with van der Waals surface area (Å²) >= 11 is 0. The van der Waals surface area contributed by atoms with Crippen LogP contribution < -0.4 is 10.1 Å². The van der Waals surface area contributed by atoms with E-state index in [-0.39, 0.29) is 5.69 Å². The van der Waals surface area contributed by atoms with Gasteiger partial charge in [-0.1, -0.05) is 18.2 Å². The summed E-state index contributed by atoms with van der Waals surface area (Å²) < 4.78 is 21.6. The van der Waals surface area contributed by atoms with Crippen LogP contribution in [0.3, 0.4) is 0 Å². The predicted molar refractivity (Wildman–Crippen MR) is 106 cm³/mol. The number of hydrogen-bond donors (Lipinski definition) is 1. The molecule has 0 spiro atoms. The molecule has 2 aromatic carbocycles. The molecule has 29 heavy (non-hydrogen) atoms. The van der Waals surface area contributed by atoms with E-state index in [4.69, 9.17) is 4.74 Å². The van der Waals surface area contributed by atoms with E-state index < -0.39 is 11.7 Å². The van der Waals surface area contributed by atoms with E-state index in [1.54, 1.807) is 67.3 Å². The first-order valence-electron chi connectivity index (χ1n) is 8.92. The van der Waals surface area contributed by atoms with Crippen molar-refractivity contribution in [2.45, 2.75) is 6.61 Å². The smallest absolute Gasteiger partial charge is 0.255 e. The molecular formula is C22H17FN4O2. The van der Waals surface area contributed by atoms with Crippen LogP contribution in [0.1, 0.15) is 15.9 Å². The maximum atomic E-state index is 14.4. The van der Waals surface area contributed by atoms with Gasteiger partial charge in [0.1, 0.15) is 23.9 Å². The van der Waals surface area contributed by atoms with Crippen molar-refractivity contribution in [2.24, 2.45) is 0 Å². The minimum atomic E-state index is -0.546. The zero-order chi connectivity index (χ0) is 20.1. The number of anilines is 1. The lowest BCUT2D eigenvalue weighted by Gasteiger charge is -2.13. The Kier molecular flexibility index (Phi) is 5.29. The Balaban J connectivity index is 1.53. The summed E-state index contributed by atoms with van der Waals surface area (Å²) in [7, 11) is 0. The van der Waals surface area contributed by atoms with E-state index in [1.165, 1.54) is 10.7 Å². The summed E-state index contributed by atoms with van der Waals surface area (Å²) in [4.78, 5) is 16.8. The average Bonchev–Trinajstić information content (AvgIpc) is 3.29. The maximum Gasteiger partial charge on any atom is 0.255 e. The predicted octanol–water partition coefficient (Wildman–Crippen LogP) is 4.24. The lowest BCUT2D eigenvalue weighted by molar-refractivity contribution is 0.102. The molecule has 0 aliphatic heterocycles. The van der Waals surface area contributed by atoms with Crippen molar-refractivity contribution in [3.63, 3.8) is 0 Å². The molecule has 0 atom stereocenters. The Morgan fingerprint density at radius 2 is 1.97 bits per heavy atom. The molecule has 7 heteroatoms. The van der Waals surface area contributed by atoms with E-state index in [1.807, 2.05) is 12.1 Å². The van der Waals surface area contributed by atoms with Crippen molar-refractivity contribution in [3.8, 4) is 11.4 Å². The number of nitrogens with one attached hydrogen (secondary N) is 1. The van der Waals surface area contributed by atoms with E-state index in [2.05, 4.69) is 15.4 Å². The summed E-state index contributed by atoms with van der Waals surface area (Å²) in [6, 6.07) is 16.7. The largest absolute Gasteiger partial charge is 0.489 e. The van der Waals surface area contributed by atoms with Crippen molar-refractivity contribution in [1.29, 1.82) is 0 Å².